The summed E-state index contributed by atoms with van der Waals surface area (Å²) in [6.07, 6.45) is 5.40. The second-order valence-corrected chi connectivity index (χ2v) is 2.69. The molecule has 1 aromatic rings. The molecule has 1 heterocycles. The fourth-order valence-electron chi connectivity index (χ4n) is 0.953. The molecular weight excluding hydrogens is 229 g/mol. The minimum atomic E-state index is -4.88. The minimum absolute atomic E-state index is 0. The molecule has 1 rings (SSSR count). The van der Waals surface area contributed by atoms with E-state index in [1.54, 1.807) is 0 Å². The minimum Gasteiger partial charge on any atom is -0.445 e. The van der Waals surface area contributed by atoms with Gasteiger partial charge in [-0.3, -0.25) is 4.98 Å². The Kier molecular flexibility index (Phi) is 6.70. The quantitative estimate of drug-likeness (QED) is 0.681. The van der Waals surface area contributed by atoms with Crippen molar-refractivity contribution in [2.75, 3.05) is 0 Å². The Morgan fingerprint density at radius 1 is 1.27 bits per heavy atom. The smallest absolute Gasteiger partial charge is 0.445 e. The predicted octanol–water partition coefficient (Wildman–Crippen LogP) is 0.128. The Labute approximate surface area is 129 Å². The van der Waals surface area contributed by atoms with Crippen LogP contribution in [0, 0.1) is 0 Å². The van der Waals surface area contributed by atoms with Gasteiger partial charge in [-0.05, 0) is 17.2 Å². The number of hydrogen-bond donors (Lipinski definition) is 0. The molecule has 1 nitrogen and oxygen atoms in total. The third kappa shape index (κ3) is 5.67. The van der Waals surface area contributed by atoms with E-state index in [0.29, 0.717) is 11.1 Å². The van der Waals surface area contributed by atoms with Crippen LogP contribution in [0.4, 0.5) is 12.9 Å². The molecule has 0 amide bonds. The summed E-state index contributed by atoms with van der Waals surface area (Å²) in [4.78, 5) is 3.78. The van der Waals surface area contributed by atoms with E-state index in [2.05, 4.69) is 11.6 Å². The first-order chi connectivity index (χ1) is 6.53. The summed E-state index contributed by atoms with van der Waals surface area (Å²) >= 11 is 0. The van der Waals surface area contributed by atoms with Crippen molar-refractivity contribution in [3.8, 4) is 0 Å². The van der Waals surface area contributed by atoms with Gasteiger partial charge in [0.2, 0.25) is 0 Å². The first kappa shape index (κ1) is 15.1. The molecule has 0 saturated heterocycles. The zero-order valence-electron chi connectivity index (χ0n) is 8.33. The molecule has 0 spiro atoms. The summed E-state index contributed by atoms with van der Waals surface area (Å²) in [5.41, 5.74) is 1.05. The van der Waals surface area contributed by atoms with Gasteiger partial charge in [-0.25, -0.2) is 0 Å². The maximum absolute atomic E-state index is 11.9. The second-order valence-electron chi connectivity index (χ2n) is 2.69. The topological polar surface area (TPSA) is 12.9 Å². The molecule has 0 saturated carbocycles. The molecule has 0 aliphatic rings. The van der Waals surface area contributed by atoms with Gasteiger partial charge in [-0.15, -0.1) is 5.98 Å². The molecule has 0 atom stereocenters. The number of halogens is 3. The first-order valence-corrected chi connectivity index (χ1v) is 3.98. The molecular formula is C9H8BF3KN. The molecule has 15 heavy (non-hydrogen) atoms. The van der Waals surface area contributed by atoms with Crippen LogP contribution in [0.5, 0.6) is 0 Å². The maximum Gasteiger partial charge on any atom is 1.00 e. The van der Waals surface area contributed by atoms with Crippen LogP contribution in [-0.4, -0.2) is 12.0 Å². The van der Waals surface area contributed by atoms with Crippen molar-refractivity contribution in [2.45, 2.75) is 0 Å². The largest absolute Gasteiger partial charge is 1.00 e. The van der Waals surface area contributed by atoms with Gasteiger partial charge < -0.3 is 12.9 Å². The van der Waals surface area contributed by atoms with Crippen molar-refractivity contribution in [2.24, 2.45) is 0 Å². The van der Waals surface area contributed by atoms with Gasteiger partial charge in [0, 0.05) is 12.4 Å². The first-order valence-electron chi connectivity index (χ1n) is 3.98. The van der Waals surface area contributed by atoms with Crippen molar-refractivity contribution in [3.05, 3.63) is 42.1 Å². The van der Waals surface area contributed by atoms with Crippen LogP contribution >= 0.6 is 0 Å². The molecule has 0 radical (unpaired) electrons. The Balaban J connectivity index is 0.00000196. The van der Waals surface area contributed by atoms with E-state index in [-0.39, 0.29) is 57.4 Å². The van der Waals surface area contributed by atoms with Crippen molar-refractivity contribution >= 4 is 19.1 Å². The normalized spacial score (nSPS) is 11.1. The van der Waals surface area contributed by atoms with Gasteiger partial charge in [-0.2, -0.15) is 0 Å². The average Bonchev–Trinajstić information content (AvgIpc) is 2.14. The van der Waals surface area contributed by atoms with Crippen molar-refractivity contribution in [3.63, 3.8) is 0 Å². The fraction of sp³-hybridized carbons (Fsp3) is 0. The van der Waals surface area contributed by atoms with Crippen LogP contribution in [0.1, 0.15) is 11.1 Å². The van der Waals surface area contributed by atoms with Crippen LogP contribution in [0.3, 0.4) is 0 Å². The summed E-state index contributed by atoms with van der Waals surface area (Å²) in [5, 5.41) is 0. The molecule has 0 aromatic carbocycles. The second kappa shape index (κ2) is 6.65. The summed E-state index contributed by atoms with van der Waals surface area (Å²) < 4.78 is 35.7. The van der Waals surface area contributed by atoms with Crippen molar-refractivity contribution in [1.29, 1.82) is 0 Å². The monoisotopic (exact) mass is 237 g/mol. The van der Waals surface area contributed by atoms with Gasteiger partial charge >= 0.3 is 58.4 Å². The van der Waals surface area contributed by atoms with Gasteiger partial charge in [0.25, 0.3) is 0 Å². The summed E-state index contributed by atoms with van der Waals surface area (Å²) in [5.74, 6) is 0.252. The van der Waals surface area contributed by atoms with E-state index in [1.165, 1.54) is 24.5 Å². The van der Waals surface area contributed by atoms with Crippen LogP contribution in [0.15, 0.2) is 31.0 Å². The molecule has 0 unspecified atom stereocenters. The number of rotatable bonds is 3. The molecule has 0 bridgehead atoms. The molecule has 0 N–H and O–H groups in total. The average molecular weight is 237 g/mol. The van der Waals surface area contributed by atoms with Gasteiger partial charge in [0.15, 0.2) is 0 Å². The Morgan fingerprint density at radius 3 is 2.47 bits per heavy atom. The van der Waals surface area contributed by atoms with E-state index in [9.17, 15) is 12.9 Å². The number of hydrogen-bond acceptors (Lipinski definition) is 1. The summed E-state index contributed by atoms with van der Waals surface area (Å²) in [6, 6.07) is 1.51. The molecule has 0 aliphatic carbocycles. The van der Waals surface area contributed by atoms with Gasteiger partial charge in [0.1, 0.15) is 0 Å². The molecule has 6 heteroatoms. The zero-order chi connectivity index (χ0) is 10.6. The summed E-state index contributed by atoms with van der Waals surface area (Å²) in [6.45, 7) is -1.40. The number of pyridine rings is 1. The third-order valence-corrected chi connectivity index (χ3v) is 1.60. The van der Waals surface area contributed by atoms with E-state index in [1.807, 2.05) is 0 Å². The number of nitrogens with zero attached hydrogens (tertiary/aromatic N) is 1. The Hall–Kier alpha value is 0.121. The standard InChI is InChI=1S/C9H8BF3N.K/c1-2-8-7-14-6-4-9(8)3-5-10(11,12)13;/h2-7H,1H2;/q-1;+1/b5-3+;. The van der Waals surface area contributed by atoms with E-state index >= 15 is 0 Å². The van der Waals surface area contributed by atoms with Crippen LogP contribution < -0.4 is 51.4 Å². The Bertz CT molecular complexity index is 363. The van der Waals surface area contributed by atoms with Gasteiger partial charge in [0.05, 0.1) is 0 Å². The predicted molar refractivity (Wildman–Crippen MR) is 52.4 cm³/mol. The van der Waals surface area contributed by atoms with Crippen LogP contribution in [0.25, 0.3) is 12.2 Å². The van der Waals surface area contributed by atoms with E-state index in [4.69, 9.17) is 0 Å². The molecule has 74 valence electrons. The SMILES string of the molecule is C=Cc1cnccc1/C=C/[B-](F)(F)F.[K+]. The zero-order valence-corrected chi connectivity index (χ0v) is 11.5. The van der Waals surface area contributed by atoms with Crippen LogP contribution in [0.2, 0.25) is 0 Å². The third-order valence-electron chi connectivity index (χ3n) is 1.60. The Morgan fingerprint density at radius 2 is 1.93 bits per heavy atom. The maximum atomic E-state index is 11.9. The fourth-order valence-corrected chi connectivity index (χ4v) is 0.953. The van der Waals surface area contributed by atoms with E-state index < -0.39 is 6.98 Å². The molecule has 1 aromatic heterocycles. The van der Waals surface area contributed by atoms with Crippen molar-refractivity contribution < 1.29 is 64.3 Å². The summed E-state index contributed by atoms with van der Waals surface area (Å²) in [7, 11) is 0. The van der Waals surface area contributed by atoms with E-state index in [0.717, 1.165) is 6.08 Å². The van der Waals surface area contributed by atoms with Gasteiger partial charge in [-0.1, -0.05) is 18.7 Å². The molecule has 0 fully saturated rings. The molecule has 0 aliphatic heterocycles. The number of aromatic nitrogens is 1. The van der Waals surface area contributed by atoms with Crippen LogP contribution in [-0.2, 0) is 0 Å². The van der Waals surface area contributed by atoms with Crippen molar-refractivity contribution in [1.82, 2.24) is 4.98 Å².